The molecule has 12 heavy (non-hydrogen) atoms. The SMILES string of the molecule is COC(=O)c1nc(Br)ccc1Cl. The number of ether oxygens (including phenoxy) is 1. The van der Waals surface area contributed by atoms with E-state index in [1.54, 1.807) is 12.1 Å². The summed E-state index contributed by atoms with van der Waals surface area (Å²) in [6, 6.07) is 3.22. The zero-order valence-electron chi connectivity index (χ0n) is 6.17. The number of nitrogens with zero attached hydrogens (tertiary/aromatic N) is 1. The van der Waals surface area contributed by atoms with E-state index in [2.05, 4.69) is 25.7 Å². The van der Waals surface area contributed by atoms with E-state index in [1.807, 2.05) is 0 Å². The highest BCUT2D eigenvalue weighted by molar-refractivity contribution is 9.10. The number of methoxy groups -OCH3 is 1. The summed E-state index contributed by atoms with van der Waals surface area (Å²) in [6.45, 7) is 0. The first-order chi connectivity index (χ1) is 5.65. The molecule has 1 aromatic rings. The standard InChI is InChI=1S/C7H5BrClNO2/c1-12-7(11)6-4(9)2-3-5(8)10-6/h2-3H,1H3. The van der Waals surface area contributed by atoms with E-state index in [0.717, 1.165) is 0 Å². The highest BCUT2D eigenvalue weighted by atomic mass is 79.9. The number of aromatic nitrogens is 1. The van der Waals surface area contributed by atoms with E-state index >= 15 is 0 Å². The minimum absolute atomic E-state index is 0.119. The van der Waals surface area contributed by atoms with Crippen LogP contribution >= 0.6 is 27.5 Å². The number of halogens is 2. The van der Waals surface area contributed by atoms with Crippen LogP contribution in [0.3, 0.4) is 0 Å². The molecule has 0 aliphatic carbocycles. The second kappa shape index (κ2) is 3.87. The Morgan fingerprint density at radius 2 is 2.33 bits per heavy atom. The third-order valence-electron chi connectivity index (χ3n) is 1.19. The number of pyridine rings is 1. The maximum Gasteiger partial charge on any atom is 0.358 e. The van der Waals surface area contributed by atoms with Crippen LogP contribution in [0, 0.1) is 0 Å². The van der Waals surface area contributed by atoms with Gasteiger partial charge in [-0.15, -0.1) is 0 Å². The van der Waals surface area contributed by atoms with Crippen LogP contribution in [-0.4, -0.2) is 18.1 Å². The van der Waals surface area contributed by atoms with Gasteiger partial charge in [0.2, 0.25) is 0 Å². The molecule has 0 N–H and O–H groups in total. The summed E-state index contributed by atoms with van der Waals surface area (Å²) in [6.07, 6.45) is 0. The van der Waals surface area contributed by atoms with Gasteiger partial charge in [-0.2, -0.15) is 0 Å². The van der Waals surface area contributed by atoms with Crippen molar-refractivity contribution in [2.45, 2.75) is 0 Å². The third-order valence-corrected chi connectivity index (χ3v) is 1.94. The van der Waals surface area contributed by atoms with Gasteiger partial charge in [-0.05, 0) is 28.1 Å². The lowest BCUT2D eigenvalue weighted by Gasteiger charge is -2.00. The van der Waals surface area contributed by atoms with E-state index in [1.165, 1.54) is 7.11 Å². The van der Waals surface area contributed by atoms with Gasteiger partial charge in [-0.3, -0.25) is 0 Å². The van der Waals surface area contributed by atoms with Gasteiger partial charge in [-0.25, -0.2) is 9.78 Å². The minimum atomic E-state index is -0.540. The van der Waals surface area contributed by atoms with Crippen molar-refractivity contribution in [2.75, 3.05) is 7.11 Å². The van der Waals surface area contributed by atoms with Crippen LogP contribution in [0.1, 0.15) is 10.5 Å². The largest absolute Gasteiger partial charge is 0.464 e. The molecule has 0 spiro atoms. The summed E-state index contributed by atoms with van der Waals surface area (Å²) in [5.41, 5.74) is 0.119. The van der Waals surface area contributed by atoms with E-state index in [-0.39, 0.29) is 10.7 Å². The Balaban J connectivity index is 3.13. The summed E-state index contributed by atoms with van der Waals surface area (Å²) in [7, 11) is 1.28. The Bertz CT molecular complexity index is 316. The Hall–Kier alpha value is -0.610. The zero-order valence-corrected chi connectivity index (χ0v) is 8.52. The molecule has 0 unspecified atom stereocenters. The van der Waals surface area contributed by atoms with Crippen LogP contribution in [0.4, 0.5) is 0 Å². The first-order valence-electron chi connectivity index (χ1n) is 3.05. The molecule has 5 heteroatoms. The van der Waals surface area contributed by atoms with Gasteiger partial charge in [-0.1, -0.05) is 11.6 Å². The third kappa shape index (κ3) is 1.95. The van der Waals surface area contributed by atoms with E-state index < -0.39 is 5.97 Å². The molecule has 0 aliphatic rings. The Kier molecular flexibility index (Phi) is 3.05. The van der Waals surface area contributed by atoms with Crippen molar-refractivity contribution in [1.82, 2.24) is 4.98 Å². The van der Waals surface area contributed by atoms with Crippen LogP contribution in [0.15, 0.2) is 16.7 Å². The number of carbonyl (C=O) groups is 1. The first-order valence-corrected chi connectivity index (χ1v) is 4.22. The van der Waals surface area contributed by atoms with Crippen LogP contribution < -0.4 is 0 Å². The Labute approximate surface area is 82.8 Å². The van der Waals surface area contributed by atoms with Crippen LogP contribution in [0.2, 0.25) is 5.02 Å². The Morgan fingerprint density at radius 1 is 1.67 bits per heavy atom. The molecular formula is C7H5BrClNO2. The number of esters is 1. The van der Waals surface area contributed by atoms with Crippen molar-refractivity contribution in [3.63, 3.8) is 0 Å². The summed E-state index contributed by atoms with van der Waals surface area (Å²) in [5, 5.41) is 0.282. The Morgan fingerprint density at radius 3 is 2.92 bits per heavy atom. The highest BCUT2D eigenvalue weighted by Gasteiger charge is 2.12. The average molecular weight is 250 g/mol. The lowest BCUT2D eigenvalue weighted by Crippen LogP contribution is -2.04. The number of rotatable bonds is 1. The molecule has 64 valence electrons. The molecular weight excluding hydrogens is 245 g/mol. The lowest BCUT2D eigenvalue weighted by molar-refractivity contribution is 0.0594. The molecule has 0 fully saturated rings. The molecule has 0 radical (unpaired) electrons. The molecule has 0 bridgehead atoms. The highest BCUT2D eigenvalue weighted by Crippen LogP contribution is 2.17. The fourth-order valence-corrected chi connectivity index (χ4v) is 1.15. The van der Waals surface area contributed by atoms with Crippen molar-refractivity contribution >= 4 is 33.5 Å². The summed E-state index contributed by atoms with van der Waals surface area (Å²) < 4.78 is 5.01. The topological polar surface area (TPSA) is 39.2 Å². The number of hydrogen-bond donors (Lipinski definition) is 0. The fraction of sp³-hybridized carbons (Fsp3) is 0.143. The maximum absolute atomic E-state index is 11.0. The fourth-order valence-electron chi connectivity index (χ4n) is 0.658. The average Bonchev–Trinajstić information content (AvgIpc) is 2.08. The quantitative estimate of drug-likeness (QED) is 0.567. The molecule has 1 aromatic heterocycles. The van der Waals surface area contributed by atoms with Gasteiger partial charge >= 0.3 is 5.97 Å². The van der Waals surface area contributed by atoms with Gasteiger partial charge in [0.05, 0.1) is 12.1 Å². The molecule has 0 saturated carbocycles. The van der Waals surface area contributed by atoms with Gasteiger partial charge in [0.1, 0.15) is 4.60 Å². The zero-order chi connectivity index (χ0) is 9.14. The van der Waals surface area contributed by atoms with Gasteiger partial charge < -0.3 is 4.74 Å². The minimum Gasteiger partial charge on any atom is -0.464 e. The summed E-state index contributed by atoms with van der Waals surface area (Å²) in [4.78, 5) is 14.9. The van der Waals surface area contributed by atoms with Crippen molar-refractivity contribution in [2.24, 2.45) is 0 Å². The molecule has 0 saturated heterocycles. The van der Waals surface area contributed by atoms with Gasteiger partial charge in [0.15, 0.2) is 5.69 Å². The predicted molar refractivity (Wildman–Crippen MR) is 48.3 cm³/mol. The molecule has 1 heterocycles. The number of hydrogen-bond acceptors (Lipinski definition) is 3. The smallest absolute Gasteiger partial charge is 0.358 e. The van der Waals surface area contributed by atoms with Crippen molar-refractivity contribution in [3.05, 3.63) is 27.5 Å². The van der Waals surface area contributed by atoms with Crippen LogP contribution in [0.5, 0.6) is 0 Å². The van der Waals surface area contributed by atoms with Crippen LogP contribution in [0.25, 0.3) is 0 Å². The maximum atomic E-state index is 11.0. The van der Waals surface area contributed by atoms with Crippen LogP contribution in [-0.2, 0) is 4.74 Å². The van der Waals surface area contributed by atoms with Crippen molar-refractivity contribution < 1.29 is 9.53 Å². The normalized spacial score (nSPS) is 9.58. The van der Waals surface area contributed by atoms with Gasteiger partial charge in [0.25, 0.3) is 0 Å². The number of carbonyl (C=O) groups excluding carboxylic acids is 1. The van der Waals surface area contributed by atoms with E-state index in [9.17, 15) is 4.79 Å². The monoisotopic (exact) mass is 249 g/mol. The molecule has 0 amide bonds. The predicted octanol–water partition coefficient (Wildman–Crippen LogP) is 2.28. The first kappa shape index (κ1) is 9.48. The second-order valence-corrected chi connectivity index (χ2v) is 3.18. The van der Waals surface area contributed by atoms with E-state index in [4.69, 9.17) is 11.6 Å². The van der Waals surface area contributed by atoms with Gasteiger partial charge in [0, 0.05) is 0 Å². The molecule has 1 rings (SSSR count). The van der Waals surface area contributed by atoms with E-state index in [0.29, 0.717) is 4.60 Å². The lowest BCUT2D eigenvalue weighted by atomic mass is 10.3. The molecule has 0 atom stereocenters. The summed E-state index contributed by atoms with van der Waals surface area (Å²) in [5.74, 6) is -0.540. The summed E-state index contributed by atoms with van der Waals surface area (Å²) >= 11 is 8.80. The molecule has 0 aliphatic heterocycles. The second-order valence-electron chi connectivity index (χ2n) is 1.96. The van der Waals surface area contributed by atoms with Crippen molar-refractivity contribution in [3.8, 4) is 0 Å². The molecule has 3 nitrogen and oxygen atoms in total. The van der Waals surface area contributed by atoms with Crippen molar-refractivity contribution in [1.29, 1.82) is 0 Å². The molecule has 0 aromatic carbocycles.